The van der Waals surface area contributed by atoms with Gasteiger partial charge in [-0.25, -0.2) is 4.39 Å². The molecule has 1 heterocycles. The molecule has 0 bridgehead atoms. The molecule has 9 heteroatoms. The average Bonchev–Trinajstić information content (AvgIpc) is 2.92. The molecule has 0 radical (unpaired) electrons. The molecule has 0 spiro atoms. The molecule has 0 aliphatic carbocycles. The van der Waals surface area contributed by atoms with E-state index in [0.29, 0.717) is 17.3 Å². The maximum absolute atomic E-state index is 13.5. The summed E-state index contributed by atoms with van der Waals surface area (Å²) >= 11 is 1.13. The van der Waals surface area contributed by atoms with Gasteiger partial charge < -0.3 is 19.9 Å². The number of aromatic nitrogens is 1. The molecule has 128 valence electrons. The van der Waals surface area contributed by atoms with E-state index < -0.39 is 5.82 Å². The summed E-state index contributed by atoms with van der Waals surface area (Å²) in [5, 5.41) is 8.73. The van der Waals surface area contributed by atoms with E-state index in [9.17, 15) is 14.0 Å². The van der Waals surface area contributed by atoms with Gasteiger partial charge in [0.15, 0.2) is 17.4 Å². The van der Waals surface area contributed by atoms with Crippen molar-refractivity contribution >= 4 is 35.1 Å². The SMILES string of the molecule is COc1ccc(NC(=O)CSCC(=O)Nc2cc(C)on2)cc1F. The number of hydrogen-bond acceptors (Lipinski definition) is 6. The second kappa shape index (κ2) is 8.34. The van der Waals surface area contributed by atoms with Crippen molar-refractivity contribution in [2.24, 2.45) is 0 Å². The Balaban J connectivity index is 1.73. The van der Waals surface area contributed by atoms with E-state index in [0.717, 1.165) is 11.8 Å². The first kappa shape index (κ1) is 17.8. The highest BCUT2D eigenvalue weighted by molar-refractivity contribution is 8.00. The van der Waals surface area contributed by atoms with Crippen LogP contribution in [0.5, 0.6) is 5.75 Å². The van der Waals surface area contributed by atoms with Gasteiger partial charge in [0, 0.05) is 17.8 Å². The lowest BCUT2D eigenvalue weighted by Crippen LogP contribution is -2.18. The van der Waals surface area contributed by atoms with Crippen LogP contribution < -0.4 is 15.4 Å². The number of thioether (sulfide) groups is 1. The lowest BCUT2D eigenvalue weighted by molar-refractivity contribution is -0.114. The van der Waals surface area contributed by atoms with Gasteiger partial charge in [0.2, 0.25) is 11.8 Å². The zero-order chi connectivity index (χ0) is 17.5. The molecule has 0 aliphatic rings. The van der Waals surface area contributed by atoms with Gasteiger partial charge in [0.25, 0.3) is 0 Å². The van der Waals surface area contributed by atoms with Gasteiger partial charge in [-0.3, -0.25) is 9.59 Å². The fourth-order valence-corrected chi connectivity index (χ4v) is 2.40. The third-order valence-corrected chi connectivity index (χ3v) is 3.73. The third kappa shape index (κ3) is 5.27. The summed E-state index contributed by atoms with van der Waals surface area (Å²) < 4.78 is 23.1. The number of anilines is 2. The Morgan fingerprint density at radius 2 is 1.96 bits per heavy atom. The molecule has 2 rings (SSSR count). The number of rotatable bonds is 7. The molecule has 7 nitrogen and oxygen atoms in total. The highest BCUT2D eigenvalue weighted by atomic mass is 32.2. The Bertz CT molecular complexity index is 735. The first-order chi connectivity index (χ1) is 11.5. The van der Waals surface area contributed by atoms with Gasteiger partial charge in [-0.15, -0.1) is 11.8 Å². The molecule has 1 aromatic carbocycles. The zero-order valence-electron chi connectivity index (χ0n) is 13.1. The van der Waals surface area contributed by atoms with Gasteiger partial charge in [-0.05, 0) is 19.1 Å². The first-order valence-corrected chi connectivity index (χ1v) is 8.07. The summed E-state index contributed by atoms with van der Waals surface area (Å²) in [5.41, 5.74) is 0.321. The van der Waals surface area contributed by atoms with E-state index >= 15 is 0 Å². The van der Waals surface area contributed by atoms with Gasteiger partial charge in [-0.1, -0.05) is 5.16 Å². The molecular formula is C15H16FN3O4S. The minimum atomic E-state index is -0.565. The number of nitrogens with zero attached hydrogens (tertiary/aromatic N) is 1. The van der Waals surface area contributed by atoms with Crippen LogP contribution in [0.25, 0.3) is 0 Å². The third-order valence-electron chi connectivity index (χ3n) is 2.80. The number of benzene rings is 1. The Kier molecular flexibility index (Phi) is 6.19. The number of carbonyl (C=O) groups excluding carboxylic acids is 2. The monoisotopic (exact) mass is 353 g/mol. The fourth-order valence-electron chi connectivity index (χ4n) is 1.78. The minimum absolute atomic E-state index is 0.0545. The van der Waals surface area contributed by atoms with Crippen LogP contribution in [0, 0.1) is 12.7 Å². The van der Waals surface area contributed by atoms with Crippen LogP contribution in [0.1, 0.15) is 5.76 Å². The van der Waals surface area contributed by atoms with Crippen molar-refractivity contribution < 1.29 is 23.2 Å². The summed E-state index contributed by atoms with van der Waals surface area (Å²) in [6.45, 7) is 1.71. The maximum Gasteiger partial charge on any atom is 0.235 e. The summed E-state index contributed by atoms with van der Waals surface area (Å²) in [6.07, 6.45) is 0. The first-order valence-electron chi connectivity index (χ1n) is 6.92. The molecular weight excluding hydrogens is 337 g/mol. The second-order valence-corrected chi connectivity index (χ2v) is 5.75. The van der Waals surface area contributed by atoms with Crippen molar-refractivity contribution in [3.05, 3.63) is 35.8 Å². The van der Waals surface area contributed by atoms with Crippen LogP contribution in [0.2, 0.25) is 0 Å². The number of halogens is 1. The van der Waals surface area contributed by atoms with E-state index in [2.05, 4.69) is 15.8 Å². The lowest BCUT2D eigenvalue weighted by atomic mass is 10.3. The van der Waals surface area contributed by atoms with Crippen LogP contribution in [-0.4, -0.2) is 35.6 Å². The van der Waals surface area contributed by atoms with Crippen molar-refractivity contribution in [3.8, 4) is 5.75 Å². The van der Waals surface area contributed by atoms with Crippen LogP contribution in [-0.2, 0) is 9.59 Å². The van der Waals surface area contributed by atoms with Crippen LogP contribution >= 0.6 is 11.8 Å². The molecule has 1 aromatic heterocycles. The predicted octanol–water partition coefficient (Wildman–Crippen LogP) is 2.44. The van der Waals surface area contributed by atoms with E-state index in [1.807, 2.05) is 0 Å². The number of hydrogen-bond donors (Lipinski definition) is 2. The lowest BCUT2D eigenvalue weighted by Gasteiger charge is -2.07. The number of aryl methyl sites for hydroxylation is 1. The molecule has 2 amide bonds. The van der Waals surface area contributed by atoms with Crippen LogP contribution in [0.4, 0.5) is 15.9 Å². The standard InChI is InChI=1S/C15H16FN3O4S/c1-9-5-13(19-23-9)18-15(21)8-24-7-14(20)17-10-3-4-12(22-2)11(16)6-10/h3-6H,7-8H2,1-2H3,(H,17,20)(H,18,19,21). The summed E-state index contributed by atoms with van der Waals surface area (Å²) in [7, 11) is 1.36. The average molecular weight is 353 g/mol. The summed E-state index contributed by atoms with van der Waals surface area (Å²) in [6, 6.07) is 5.71. The molecule has 0 aliphatic heterocycles. The van der Waals surface area contributed by atoms with E-state index in [-0.39, 0.29) is 29.1 Å². The Hall–Kier alpha value is -2.55. The number of ether oxygens (including phenoxy) is 1. The topological polar surface area (TPSA) is 93.5 Å². The van der Waals surface area contributed by atoms with Crippen molar-refractivity contribution in [3.63, 3.8) is 0 Å². The number of amides is 2. The van der Waals surface area contributed by atoms with Crippen molar-refractivity contribution in [1.29, 1.82) is 0 Å². The largest absolute Gasteiger partial charge is 0.494 e. The predicted molar refractivity (Wildman–Crippen MR) is 88.8 cm³/mol. The number of nitrogens with one attached hydrogen (secondary N) is 2. The highest BCUT2D eigenvalue weighted by Crippen LogP contribution is 2.20. The Morgan fingerprint density at radius 3 is 2.54 bits per heavy atom. The molecule has 0 unspecified atom stereocenters. The fraction of sp³-hybridized carbons (Fsp3) is 0.267. The van der Waals surface area contributed by atoms with Crippen LogP contribution in [0.3, 0.4) is 0 Å². The molecule has 0 atom stereocenters. The van der Waals surface area contributed by atoms with Gasteiger partial charge in [-0.2, -0.15) is 0 Å². The van der Waals surface area contributed by atoms with E-state index in [1.54, 1.807) is 13.0 Å². The van der Waals surface area contributed by atoms with E-state index in [4.69, 9.17) is 9.26 Å². The molecule has 24 heavy (non-hydrogen) atoms. The molecule has 2 aromatic rings. The van der Waals surface area contributed by atoms with Gasteiger partial charge >= 0.3 is 0 Å². The smallest absolute Gasteiger partial charge is 0.235 e. The quantitative estimate of drug-likeness (QED) is 0.794. The molecule has 0 saturated heterocycles. The van der Waals surface area contributed by atoms with Crippen molar-refractivity contribution in [2.75, 3.05) is 29.2 Å². The van der Waals surface area contributed by atoms with Crippen molar-refractivity contribution in [2.45, 2.75) is 6.92 Å². The molecule has 0 fully saturated rings. The number of methoxy groups -OCH3 is 1. The minimum Gasteiger partial charge on any atom is -0.494 e. The summed E-state index contributed by atoms with van der Waals surface area (Å²) in [5.74, 6) is -0.0474. The highest BCUT2D eigenvalue weighted by Gasteiger charge is 2.10. The van der Waals surface area contributed by atoms with Gasteiger partial charge in [0.1, 0.15) is 5.76 Å². The Morgan fingerprint density at radius 1 is 1.25 bits per heavy atom. The molecule has 0 saturated carbocycles. The maximum atomic E-state index is 13.5. The van der Waals surface area contributed by atoms with E-state index in [1.165, 1.54) is 25.3 Å². The van der Waals surface area contributed by atoms with Crippen LogP contribution in [0.15, 0.2) is 28.8 Å². The number of carbonyl (C=O) groups is 2. The summed E-state index contributed by atoms with van der Waals surface area (Å²) in [4.78, 5) is 23.4. The normalized spacial score (nSPS) is 10.3. The zero-order valence-corrected chi connectivity index (χ0v) is 13.9. The van der Waals surface area contributed by atoms with Crippen molar-refractivity contribution in [1.82, 2.24) is 5.16 Å². The Labute approximate surface area is 141 Å². The second-order valence-electron chi connectivity index (χ2n) is 4.76. The molecule has 2 N–H and O–H groups in total. The van der Waals surface area contributed by atoms with Gasteiger partial charge in [0.05, 0.1) is 18.6 Å².